The van der Waals surface area contributed by atoms with Gasteiger partial charge in [0.1, 0.15) is 11.9 Å². The summed E-state index contributed by atoms with van der Waals surface area (Å²) in [6.45, 7) is 1.73. The van der Waals surface area contributed by atoms with Gasteiger partial charge in [-0.1, -0.05) is 30.3 Å². The van der Waals surface area contributed by atoms with Gasteiger partial charge < -0.3 is 4.74 Å². The first kappa shape index (κ1) is 13.5. The predicted octanol–water partition coefficient (Wildman–Crippen LogP) is 1.22. The highest BCUT2D eigenvalue weighted by molar-refractivity contribution is 6.02. The first-order valence-electron chi connectivity index (χ1n) is 7.58. The van der Waals surface area contributed by atoms with Crippen molar-refractivity contribution in [2.45, 2.75) is 44.1 Å². The molecular formula is C17H22NO2+. The van der Waals surface area contributed by atoms with Crippen LogP contribution in [0.25, 0.3) is 0 Å². The van der Waals surface area contributed by atoms with Crippen molar-refractivity contribution in [3.8, 4) is 0 Å². The Morgan fingerprint density at radius 3 is 2.80 bits per heavy atom. The minimum atomic E-state index is 0.328. The van der Waals surface area contributed by atoms with Crippen LogP contribution in [0.5, 0.6) is 0 Å². The number of benzene rings is 1. The molecule has 2 fully saturated rings. The van der Waals surface area contributed by atoms with Gasteiger partial charge in [0.15, 0.2) is 12.3 Å². The Labute approximate surface area is 120 Å². The molecule has 3 heteroatoms. The molecule has 3 rings (SSSR count). The van der Waals surface area contributed by atoms with Crippen LogP contribution in [0.4, 0.5) is 0 Å². The lowest BCUT2D eigenvalue weighted by molar-refractivity contribution is -0.471. The van der Waals surface area contributed by atoms with Crippen LogP contribution in [0.3, 0.4) is 0 Å². The number of carbonyl (C=O) groups excluding carboxylic acids is 1. The monoisotopic (exact) mass is 272 g/mol. The van der Waals surface area contributed by atoms with E-state index < -0.39 is 0 Å². The molecule has 1 N–H and O–H groups in total. The third-order valence-electron chi connectivity index (χ3n) is 4.25. The summed E-state index contributed by atoms with van der Waals surface area (Å²) in [5.74, 6) is 0.685. The van der Waals surface area contributed by atoms with Gasteiger partial charge in [-0.2, -0.15) is 0 Å². The molecule has 1 heterocycles. The zero-order chi connectivity index (χ0) is 13.8. The Hall–Kier alpha value is -1.48. The molecule has 0 bridgehead atoms. The van der Waals surface area contributed by atoms with Crippen molar-refractivity contribution in [3.63, 3.8) is 0 Å². The second kappa shape index (κ2) is 6.31. The zero-order valence-electron chi connectivity index (χ0n) is 11.8. The van der Waals surface area contributed by atoms with Gasteiger partial charge in [0.25, 0.3) is 0 Å². The molecule has 1 aliphatic carbocycles. The summed E-state index contributed by atoms with van der Waals surface area (Å²) in [7, 11) is 0. The van der Waals surface area contributed by atoms with Crippen molar-refractivity contribution in [1.29, 1.82) is 0 Å². The molecule has 0 amide bonds. The standard InChI is InChI=1S/C17H21NO2/c19-16-10-14(13-5-2-1-3-6-13)9-15(11-16)18-12-17-7-4-8-20-17/h1-3,5-6,14,17H,4,7-12H2/p+1/t14-,17+/m0/s1. The van der Waals surface area contributed by atoms with Gasteiger partial charge in [-0.05, 0) is 18.4 Å². The SMILES string of the molecule is O=C1CC(=[NH+]C[C@H]2CCCO2)C[C@H](c2ccccc2)C1. The molecular weight excluding hydrogens is 250 g/mol. The maximum Gasteiger partial charge on any atom is 0.166 e. The average molecular weight is 272 g/mol. The van der Waals surface area contributed by atoms with Crippen molar-refractivity contribution in [2.24, 2.45) is 0 Å². The van der Waals surface area contributed by atoms with E-state index in [-0.39, 0.29) is 0 Å². The molecule has 2 atom stereocenters. The first-order valence-corrected chi connectivity index (χ1v) is 7.58. The van der Waals surface area contributed by atoms with Crippen LogP contribution in [0, 0.1) is 0 Å². The molecule has 1 saturated carbocycles. The van der Waals surface area contributed by atoms with E-state index in [0.717, 1.165) is 32.4 Å². The summed E-state index contributed by atoms with van der Waals surface area (Å²) >= 11 is 0. The number of nitrogens with one attached hydrogen (secondary N) is 1. The Morgan fingerprint density at radius 1 is 1.20 bits per heavy atom. The quantitative estimate of drug-likeness (QED) is 0.899. The normalized spacial score (nSPS) is 29.0. The van der Waals surface area contributed by atoms with Gasteiger partial charge in [0.2, 0.25) is 0 Å². The molecule has 20 heavy (non-hydrogen) atoms. The van der Waals surface area contributed by atoms with Gasteiger partial charge in [0, 0.05) is 25.4 Å². The molecule has 3 nitrogen and oxygen atoms in total. The van der Waals surface area contributed by atoms with E-state index in [4.69, 9.17) is 4.74 Å². The van der Waals surface area contributed by atoms with Gasteiger partial charge in [-0.25, -0.2) is 4.99 Å². The average Bonchev–Trinajstić information content (AvgIpc) is 2.99. The van der Waals surface area contributed by atoms with Crippen molar-refractivity contribution < 1.29 is 14.5 Å². The maximum absolute atomic E-state index is 12.0. The van der Waals surface area contributed by atoms with Crippen molar-refractivity contribution >= 4 is 11.5 Å². The summed E-state index contributed by atoms with van der Waals surface area (Å²) < 4.78 is 5.62. The molecule has 1 aromatic carbocycles. The lowest BCUT2D eigenvalue weighted by Crippen LogP contribution is -2.76. The van der Waals surface area contributed by atoms with Crippen LogP contribution in [0.1, 0.15) is 43.6 Å². The minimum Gasteiger partial charge on any atom is -0.372 e. The van der Waals surface area contributed by atoms with E-state index in [2.05, 4.69) is 17.1 Å². The highest BCUT2D eigenvalue weighted by Crippen LogP contribution is 2.28. The molecule has 106 valence electrons. The smallest absolute Gasteiger partial charge is 0.166 e. The Morgan fingerprint density at radius 2 is 2.05 bits per heavy atom. The summed E-state index contributed by atoms with van der Waals surface area (Å²) in [4.78, 5) is 15.4. The van der Waals surface area contributed by atoms with Crippen molar-refractivity contribution in [2.75, 3.05) is 13.2 Å². The third-order valence-corrected chi connectivity index (χ3v) is 4.25. The second-order valence-corrected chi connectivity index (χ2v) is 5.85. The summed E-state index contributed by atoms with van der Waals surface area (Å²) in [5, 5.41) is 0. The number of carbonyl (C=O) groups is 1. The molecule has 0 aromatic heterocycles. The number of Topliss-reactive ketones (excluding diaryl/α,β-unsaturated/α-hetero) is 1. The Kier molecular flexibility index (Phi) is 4.26. The fourth-order valence-electron chi connectivity index (χ4n) is 3.19. The maximum atomic E-state index is 12.0. The molecule has 2 aliphatic rings. The predicted molar refractivity (Wildman–Crippen MR) is 77.9 cm³/mol. The van der Waals surface area contributed by atoms with Gasteiger partial charge in [-0.15, -0.1) is 0 Å². The zero-order valence-corrected chi connectivity index (χ0v) is 11.8. The van der Waals surface area contributed by atoms with Crippen molar-refractivity contribution in [1.82, 2.24) is 0 Å². The number of rotatable bonds is 3. The molecule has 1 aliphatic heterocycles. The third kappa shape index (κ3) is 3.34. The van der Waals surface area contributed by atoms with Gasteiger partial charge in [0.05, 0.1) is 6.42 Å². The summed E-state index contributed by atoms with van der Waals surface area (Å²) in [6.07, 6.45) is 4.87. The first-order chi connectivity index (χ1) is 9.81. The molecule has 0 spiro atoms. The summed E-state index contributed by atoms with van der Waals surface area (Å²) in [6, 6.07) is 10.4. The van der Waals surface area contributed by atoms with E-state index in [0.29, 0.717) is 30.6 Å². The van der Waals surface area contributed by atoms with Crippen LogP contribution >= 0.6 is 0 Å². The lowest BCUT2D eigenvalue weighted by Gasteiger charge is -2.20. The molecule has 1 aromatic rings. The van der Waals surface area contributed by atoms with Gasteiger partial charge >= 0.3 is 0 Å². The largest absolute Gasteiger partial charge is 0.372 e. The molecule has 0 radical (unpaired) electrons. The Balaban J connectivity index is 1.66. The molecule has 0 unspecified atom stereocenters. The van der Waals surface area contributed by atoms with Crippen LogP contribution < -0.4 is 4.99 Å². The number of hydrogen-bond acceptors (Lipinski definition) is 2. The van der Waals surface area contributed by atoms with Crippen molar-refractivity contribution in [3.05, 3.63) is 35.9 Å². The lowest BCUT2D eigenvalue weighted by atomic mass is 9.82. The van der Waals surface area contributed by atoms with Crippen LogP contribution in [0.15, 0.2) is 30.3 Å². The highest BCUT2D eigenvalue weighted by atomic mass is 16.5. The van der Waals surface area contributed by atoms with E-state index >= 15 is 0 Å². The van der Waals surface area contributed by atoms with Crippen LogP contribution in [-0.2, 0) is 9.53 Å². The van der Waals surface area contributed by atoms with Gasteiger partial charge in [-0.3, -0.25) is 4.79 Å². The van der Waals surface area contributed by atoms with Crippen LogP contribution in [-0.4, -0.2) is 30.8 Å². The molecule has 1 saturated heterocycles. The highest BCUT2D eigenvalue weighted by Gasteiger charge is 2.29. The fourth-order valence-corrected chi connectivity index (χ4v) is 3.19. The van der Waals surface area contributed by atoms with Crippen LogP contribution in [0.2, 0.25) is 0 Å². The van der Waals surface area contributed by atoms with E-state index in [9.17, 15) is 4.79 Å². The number of hydrogen-bond donors (Lipinski definition) is 1. The number of ketones is 1. The minimum absolute atomic E-state index is 0.328. The fraction of sp³-hybridized carbons (Fsp3) is 0.529. The number of ether oxygens (including phenoxy) is 1. The second-order valence-electron chi connectivity index (χ2n) is 5.85. The van der Waals surface area contributed by atoms with E-state index in [1.807, 2.05) is 18.2 Å². The summed E-state index contributed by atoms with van der Waals surface area (Å²) in [5.41, 5.74) is 2.46. The Bertz CT molecular complexity index is 489. The van der Waals surface area contributed by atoms with E-state index in [1.165, 1.54) is 11.3 Å². The van der Waals surface area contributed by atoms with E-state index in [1.54, 1.807) is 0 Å². The topological polar surface area (TPSA) is 40.3 Å².